The van der Waals surface area contributed by atoms with Gasteiger partial charge in [-0.25, -0.2) is 4.57 Å². The van der Waals surface area contributed by atoms with E-state index in [4.69, 9.17) is 9.05 Å². The van der Waals surface area contributed by atoms with Gasteiger partial charge in [0.05, 0.1) is 39.9 Å². The van der Waals surface area contributed by atoms with Crippen LogP contribution in [0.25, 0.3) is 0 Å². The Kier molecular flexibility index (Phi) is 26.1. The first kappa shape index (κ1) is 41.2. The second kappa shape index (κ2) is 26.6. The predicted molar refractivity (Wildman–Crippen MR) is 175 cm³/mol. The Morgan fingerprint density at radius 1 is 0.786 bits per heavy atom. The van der Waals surface area contributed by atoms with Crippen LogP contribution in [0.2, 0.25) is 0 Å². The van der Waals surface area contributed by atoms with E-state index >= 15 is 0 Å². The molecule has 0 radical (unpaired) electrons. The molecule has 1 amide bonds. The number of phosphoric acid groups is 1. The minimum atomic E-state index is -4.31. The van der Waals surface area contributed by atoms with Crippen molar-refractivity contribution in [1.82, 2.24) is 5.32 Å². The Morgan fingerprint density at radius 3 is 1.76 bits per heavy atom. The molecule has 3 unspecified atom stereocenters. The van der Waals surface area contributed by atoms with Crippen LogP contribution in [0.4, 0.5) is 0 Å². The third-order valence-corrected chi connectivity index (χ3v) is 8.49. The number of rotatable bonds is 30. The number of nitrogens with zero attached hydrogens (tertiary/aromatic N) is 1. The lowest BCUT2D eigenvalue weighted by Gasteiger charge is -2.25. The third-order valence-electron chi connectivity index (χ3n) is 7.51. The maximum atomic E-state index is 12.7. The number of aliphatic hydroxyl groups excluding tert-OH is 1. The second-order valence-electron chi connectivity index (χ2n) is 12.9. The van der Waals surface area contributed by atoms with Crippen molar-refractivity contribution in [2.45, 2.75) is 154 Å². The summed E-state index contributed by atoms with van der Waals surface area (Å²) in [7, 11) is 1.57. The molecule has 0 aliphatic heterocycles. The normalized spacial score (nSPS) is 15.1. The highest BCUT2D eigenvalue weighted by Gasteiger charge is 2.27. The SMILES string of the molecule is CCCCCCCCC/C=C/C(O)C(COP(=O)(O)OCC[N+](C)(C)C)NC(=O)CCCCCCCCCCCCC. The summed E-state index contributed by atoms with van der Waals surface area (Å²) in [5, 5.41) is 13.6. The molecule has 0 saturated carbocycles. The maximum absolute atomic E-state index is 12.7. The summed E-state index contributed by atoms with van der Waals surface area (Å²) < 4.78 is 23.3. The fourth-order valence-corrected chi connectivity index (χ4v) is 5.42. The van der Waals surface area contributed by atoms with Gasteiger partial charge in [0.1, 0.15) is 13.2 Å². The molecular weight excluding hydrogens is 551 g/mol. The summed E-state index contributed by atoms with van der Waals surface area (Å²) in [5.74, 6) is -0.183. The molecule has 0 bridgehead atoms. The van der Waals surface area contributed by atoms with Gasteiger partial charge in [-0.15, -0.1) is 0 Å². The number of carbonyl (C=O) groups is 1. The van der Waals surface area contributed by atoms with Gasteiger partial charge in [0.2, 0.25) is 5.91 Å². The molecule has 250 valence electrons. The molecule has 3 atom stereocenters. The van der Waals surface area contributed by atoms with E-state index in [1.165, 1.54) is 83.5 Å². The van der Waals surface area contributed by atoms with Crippen LogP contribution in [0.3, 0.4) is 0 Å². The van der Waals surface area contributed by atoms with E-state index in [0.717, 1.165) is 38.5 Å². The van der Waals surface area contributed by atoms with E-state index in [1.807, 2.05) is 27.2 Å². The van der Waals surface area contributed by atoms with Gasteiger partial charge in [0.25, 0.3) is 0 Å². The zero-order chi connectivity index (χ0) is 31.5. The highest BCUT2D eigenvalue weighted by atomic mass is 31.2. The zero-order valence-corrected chi connectivity index (χ0v) is 28.9. The summed E-state index contributed by atoms with van der Waals surface area (Å²) in [6.45, 7) is 4.74. The first-order valence-electron chi connectivity index (χ1n) is 17.1. The number of amides is 1. The number of carbonyl (C=O) groups excluding carboxylic acids is 1. The molecule has 42 heavy (non-hydrogen) atoms. The van der Waals surface area contributed by atoms with Crippen LogP contribution < -0.4 is 5.32 Å². The largest absolute Gasteiger partial charge is 0.472 e. The number of quaternary nitrogens is 1. The minimum absolute atomic E-state index is 0.0636. The Morgan fingerprint density at radius 2 is 1.26 bits per heavy atom. The fraction of sp³-hybridized carbons (Fsp3) is 0.909. The van der Waals surface area contributed by atoms with Gasteiger partial charge in [-0.2, -0.15) is 0 Å². The lowest BCUT2D eigenvalue weighted by molar-refractivity contribution is -0.870. The van der Waals surface area contributed by atoms with E-state index in [1.54, 1.807) is 6.08 Å². The van der Waals surface area contributed by atoms with Crippen molar-refractivity contribution in [1.29, 1.82) is 0 Å². The standard InChI is InChI=1S/C33H67N2O6P/c1-6-8-10-12-14-16-17-19-21-23-25-27-33(37)34-31(30-41-42(38,39)40-29-28-35(3,4)5)32(36)26-24-22-20-18-15-13-11-9-7-2/h24,26,31-32,36H,6-23,25,27-30H2,1-5H3,(H-,34,37,38,39)/p+1/b26-24+. The molecule has 0 saturated heterocycles. The van der Waals surface area contributed by atoms with Crippen molar-refractivity contribution < 1.29 is 32.9 Å². The van der Waals surface area contributed by atoms with Gasteiger partial charge < -0.3 is 19.8 Å². The molecule has 3 N–H and O–H groups in total. The van der Waals surface area contributed by atoms with E-state index in [0.29, 0.717) is 17.4 Å². The molecule has 0 aliphatic rings. The van der Waals surface area contributed by atoms with Crippen LogP contribution >= 0.6 is 7.82 Å². The molecule has 0 aromatic carbocycles. The highest BCUT2D eigenvalue weighted by molar-refractivity contribution is 7.47. The topological polar surface area (TPSA) is 105 Å². The molecule has 0 spiro atoms. The maximum Gasteiger partial charge on any atom is 0.472 e. The summed E-state index contributed by atoms with van der Waals surface area (Å²) in [6.07, 6.45) is 25.6. The van der Waals surface area contributed by atoms with Crippen LogP contribution in [0.15, 0.2) is 12.2 Å². The fourth-order valence-electron chi connectivity index (χ4n) is 4.69. The highest BCUT2D eigenvalue weighted by Crippen LogP contribution is 2.43. The second-order valence-corrected chi connectivity index (χ2v) is 14.4. The molecule has 9 heteroatoms. The van der Waals surface area contributed by atoms with Gasteiger partial charge in [0.15, 0.2) is 0 Å². The van der Waals surface area contributed by atoms with Crippen LogP contribution in [0, 0.1) is 0 Å². The van der Waals surface area contributed by atoms with Crippen molar-refractivity contribution in [3.63, 3.8) is 0 Å². The van der Waals surface area contributed by atoms with Crippen molar-refractivity contribution in [2.24, 2.45) is 0 Å². The van der Waals surface area contributed by atoms with Gasteiger partial charge in [-0.1, -0.05) is 129 Å². The summed E-state index contributed by atoms with van der Waals surface area (Å²) in [4.78, 5) is 22.8. The van der Waals surface area contributed by atoms with Crippen LogP contribution in [0.5, 0.6) is 0 Å². The average molecular weight is 620 g/mol. The number of hydrogen-bond donors (Lipinski definition) is 3. The Hall–Kier alpha value is -0.760. The quantitative estimate of drug-likeness (QED) is 0.0325. The van der Waals surface area contributed by atoms with Crippen molar-refractivity contribution in [3.8, 4) is 0 Å². The molecule has 0 aromatic rings. The summed E-state index contributed by atoms with van der Waals surface area (Å²) in [6, 6.07) is -0.835. The number of unbranched alkanes of at least 4 members (excludes halogenated alkanes) is 17. The number of aliphatic hydroxyl groups is 1. The molecule has 0 aromatic heterocycles. The number of allylic oxidation sites excluding steroid dienone is 1. The van der Waals surface area contributed by atoms with Crippen molar-refractivity contribution in [2.75, 3.05) is 40.9 Å². The van der Waals surface area contributed by atoms with E-state index < -0.39 is 20.0 Å². The van der Waals surface area contributed by atoms with E-state index in [-0.39, 0.29) is 19.1 Å². The third kappa shape index (κ3) is 28.0. The van der Waals surface area contributed by atoms with Crippen molar-refractivity contribution in [3.05, 3.63) is 12.2 Å². The Labute approximate surface area is 259 Å². The van der Waals surface area contributed by atoms with E-state index in [9.17, 15) is 19.4 Å². The van der Waals surface area contributed by atoms with Crippen LogP contribution in [-0.2, 0) is 18.4 Å². The van der Waals surface area contributed by atoms with Gasteiger partial charge >= 0.3 is 7.82 Å². The van der Waals surface area contributed by atoms with Crippen LogP contribution in [-0.4, -0.2) is 73.4 Å². The Bertz CT molecular complexity index is 713. The summed E-state index contributed by atoms with van der Waals surface area (Å²) in [5.41, 5.74) is 0. The molecule has 0 rings (SSSR count). The van der Waals surface area contributed by atoms with Crippen LogP contribution in [0.1, 0.15) is 142 Å². The van der Waals surface area contributed by atoms with E-state index in [2.05, 4.69) is 19.2 Å². The number of phosphoric ester groups is 1. The molecule has 0 heterocycles. The Balaban J connectivity index is 4.60. The molecule has 0 aliphatic carbocycles. The predicted octanol–water partition coefficient (Wildman–Crippen LogP) is 8.07. The lowest BCUT2D eigenvalue weighted by Crippen LogP contribution is -2.45. The summed E-state index contributed by atoms with van der Waals surface area (Å²) >= 11 is 0. The van der Waals surface area contributed by atoms with Crippen molar-refractivity contribution >= 4 is 13.7 Å². The first-order chi connectivity index (χ1) is 20.0. The lowest BCUT2D eigenvalue weighted by atomic mass is 10.0. The number of likely N-dealkylation sites (N-methyl/N-ethyl adjacent to an activating group) is 1. The number of hydrogen-bond acceptors (Lipinski definition) is 5. The zero-order valence-electron chi connectivity index (χ0n) is 28.0. The molecular formula is C33H68N2O6P+. The van der Waals surface area contributed by atoms with Gasteiger partial charge in [-0.3, -0.25) is 13.8 Å². The number of nitrogens with one attached hydrogen (secondary N) is 1. The monoisotopic (exact) mass is 619 g/mol. The molecule has 0 fully saturated rings. The van der Waals surface area contributed by atoms with Gasteiger partial charge in [0, 0.05) is 6.42 Å². The van der Waals surface area contributed by atoms with Gasteiger partial charge in [-0.05, 0) is 19.3 Å². The molecule has 8 nitrogen and oxygen atoms in total. The first-order valence-corrected chi connectivity index (χ1v) is 18.6. The minimum Gasteiger partial charge on any atom is -0.387 e. The smallest absolute Gasteiger partial charge is 0.387 e. The average Bonchev–Trinajstić information content (AvgIpc) is 2.92.